The highest BCUT2D eigenvalue weighted by atomic mass is 16.4. The summed E-state index contributed by atoms with van der Waals surface area (Å²) in [6.07, 6.45) is -0.800. The lowest BCUT2D eigenvalue weighted by Crippen LogP contribution is -2.23. The van der Waals surface area contributed by atoms with E-state index in [0.717, 1.165) is 5.56 Å². The minimum atomic E-state index is -1.16. The lowest BCUT2D eigenvalue weighted by molar-refractivity contribution is 0.0696. The first kappa shape index (κ1) is 16.6. The zero-order valence-corrected chi connectivity index (χ0v) is 12.9. The fraction of sp³-hybridized carbons (Fsp3) is 0.235. The van der Waals surface area contributed by atoms with Gasteiger partial charge in [0.1, 0.15) is 5.69 Å². The highest BCUT2D eigenvalue weighted by Crippen LogP contribution is 2.27. The van der Waals surface area contributed by atoms with Crippen molar-refractivity contribution in [3.63, 3.8) is 0 Å². The Morgan fingerprint density at radius 1 is 1.17 bits per heavy atom. The summed E-state index contributed by atoms with van der Waals surface area (Å²) >= 11 is 0. The molecule has 0 spiro atoms. The summed E-state index contributed by atoms with van der Waals surface area (Å²) in [5.74, 6) is -2.16. The van der Waals surface area contributed by atoms with Gasteiger partial charge in [-0.15, -0.1) is 0 Å². The van der Waals surface area contributed by atoms with Crippen LogP contribution < -0.4 is 5.32 Å². The van der Waals surface area contributed by atoms with Crippen LogP contribution in [0.5, 0.6) is 0 Å². The molecule has 2 aromatic rings. The monoisotopic (exact) mass is 314 g/mol. The molecule has 0 aliphatic heterocycles. The average Bonchev–Trinajstić information content (AvgIpc) is 2.54. The molecule has 0 aliphatic rings. The largest absolute Gasteiger partial charge is 0.478 e. The number of nitrogens with zero attached hydrogens (tertiary/aromatic N) is 1. The Bertz CT molecular complexity index is 714. The molecular formula is C17H18N2O4. The number of carbonyl (C=O) groups is 2. The van der Waals surface area contributed by atoms with Crippen LogP contribution in [0.1, 0.15) is 44.9 Å². The highest BCUT2D eigenvalue weighted by Gasteiger charge is 2.24. The quantitative estimate of drug-likeness (QED) is 0.779. The Kier molecular flexibility index (Phi) is 5.08. The highest BCUT2D eigenvalue weighted by molar-refractivity contribution is 5.95. The molecule has 2 atom stereocenters. The van der Waals surface area contributed by atoms with Crippen LogP contribution in [0, 0.1) is 0 Å². The normalized spacial score (nSPS) is 13.2. The number of aliphatic hydroxyl groups is 1. The fourth-order valence-corrected chi connectivity index (χ4v) is 2.44. The molecule has 1 heterocycles. The van der Waals surface area contributed by atoms with Crippen molar-refractivity contribution in [2.24, 2.45) is 0 Å². The van der Waals surface area contributed by atoms with Crippen LogP contribution in [0.2, 0.25) is 0 Å². The summed E-state index contributed by atoms with van der Waals surface area (Å²) in [6.45, 7) is 1.60. The lowest BCUT2D eigenvalue weighted by atomic mass is 9.90. The third-order valence-corrected chi connectivity index (χ3v) is 3.51. The number of aromatic carboxylic acids is 1. The van der Waals surface area contributed by atoms with Crippen molar-refractivity contribution in [3.05, 3.63) is 65.0 Å². The molecule has 6 heteroatoms. The Hall–Kier alpha value is -2.73. The zero-order chi connectivity index (χ0) is 17.0. The van der Waals surface area contributed by atoms with Gasteiger partial charge in [-0.05, 0) is 24.6 Å². The van der Waals surface area contributed by atoms with Gasteiger partial charge in [0.15, 0.2) is 0 Å². The van der Waals surface area contributed by atoms with Gasteiger partial charge in [0.05, 0.1) is 23.3 Å². The van der Waals surface area contributed by atoms with E-state index in [2.05, 4.69) is 10.3 Å². The second kappa shape index (κ2) is 7.02. The second-order valence-corrected chi connectivity index (χ2v) is 5.18. The van der Waals surface area contributed by atoms with Crippen LogP contribution >= 0.6 is 0 Å². The third kappa shape index (κ3) is 3.73. The molecule has 0 saturated heterocycles. The second-order valence-electron chi connectivity index (χ2n) is 5.18. The van der Waals surface area contributed by atoms with Crippen molar-refractivity contribution in [3.8, 4) is 0 Å². The fourth-order valence-electron chi connectivity index (χ4n) is 2.44. The molecule has 0 radical (unpaired) electrons. The predicted molar refractivity (Wildman–Crippen MR) is 84.6 cm³/mol. The summed E-state index contributed by atoms with van der Waals surface area (Å²) in [7, 11) is 1.44. The van der Waals surface area contributed by atoms with Crippen LogP contribution in [0.15, 0.2) is 42.5 Å². The maximum Gasteiger partial charge on any atom is 0.335 e. The molecule has 1 aromatic carbocycles. The predicted octanol–water partition coefficient (Wildman–Crippen LogP) is 1.65. The van der Waals surface area contributed by atoms with E-state index in [1.165, 1.54) is 19.2 Å². The Morgan fingerprint density at radius 2 is 1.83 bits per heavy atom. The van der Waals surface area contributed by atoms with Gasteiger partial charge in [-0.3, -0.25) is 4.79 Å². The van der Waals surface area contributed by atoms with Crippen molar-refractivity contribution in [2.45, 2.75) is 18.9 Å². The topological polar surface area (TPSA) is 99.5 Å². The van der Waals surface area contributed by atoms with Crippen molar-refractivity contribution in [2.75, 3.05) is 7.05 Å². The Morgan fingerprint density at radius 3 is 2.35 bits per heavy atom. The van der Waals surface area contributed by atoms with E-state index in [1.54, 1.807) is 6.92 Å². The molecule has 120 valence electrons. The molecular weight excluding hydrogens is 296 g/mol. The van der Waals surface area contributed by atoms with Crippen LogP contribution in [-0.2, 0) is 0 Å². The number of carboxylic acids is 1. The minimum Gasteiger partial charge on any atom is -0.478 e. The molecule has 0 aliphatic carbocycles. The molecule has 3 N–H and O–H groups in total. The van der Waals surface area contributed by atoms with E-state index in [4.69, 9.17) is 0 Å². The molecule has 0 saturated carbocycles. The molecule has 2 unspecified atom stereocenters. The van der Waals surface area contributed by atoms with Crippen molar-refractivity contribution in [1.29, 1.82) is 0 Å². The van der Waals surface area contributed by atoms with E-state index in [0.29, 0.717) is 5.69 Å². The standard InChI is InChI=1S/C17H18N2O4/c1-10(20)15(11-6-4-3-5-7-11)13-8-12(17(22)23)9-14(19-13)16(21)18-2/h3-10,15,20H,1-2H3,(H,18,21)(H,22,23). The number of nitrogens with one attached hydrogen (secondary N) is 1. The van der Waals surface area contributed by atoms with Crippen LogP contribution in [0.3, 0.4) is 0 Å². The van der Waals surface area contributed by atoms with Gasteiger partial charge in [-0.1, -0.05) is 30.3 Å². The molecule has 23 heavy (non-hydrogen) atoms. The minimum absolute atomic E-state index is 0.00369. The van der Waals surface area contributed by atoms with Crippen LogP contribution in [0.25, 0.3) is 0 Å². The number of aliphatic hydroxyl groups excluding tert-OH is 1. The maximum atomic E-state index is 11.8. The van der Waals surface area contributed by atoms with E-state index < -0.39 is 23.9 Å². The summed E-state index contributed by atoms with van der Waals surface area (Å²) in [5, 5.41) is 21.8. The summed E-state index contributed by atoms with van der Waals surface area (Å²) in [5.41, 5.74) is 1.09. The number of rotatable bonds is 5. The first-order valence-electron chi connectivity index (χ1n) is 7.14. The first-order chi connectivity index (χ1) is 10.9. The number of aromatic nitrogens is 1. The number of hydrogen-bond acceptors (Lipinski definition) is 4. The van der Waals surface area contributed by atoms with Crippen molar-refractivity contribution in [1.82, 2.24) is 10.3 Å². The SMILES string of the molecule is CNC(=O)c1cc(C(=O)O)cc(C(c2ccccc2)C(C)O)n1. The maximum absolute atomic E-state index is 11.8. The number of amides is 1. The van der Waals surface area contributed by atoms with Crippen LogP contribution in [-0.4, -0.2) is 40.2 Å². The molecule has 2 rings (SSSR count). The van der Waals surface area contributed by atoms with Crippen molar-refractivity contribution < 1.29 is 19.8 Å². The average molecular weight is 314 g/mol. The summed E-state index contributed by atoms with van der Waals surface area (Å²) < 4.78 is 0. The summed E-state index contributed by atoms with van der Waals surface area (Å²) in [6, 6.07) is 11.8. The first-order valence-corrected chi connectivity index (χ1v) is 7.14. The molecule has 0 bridgehead atoms. The van der Waals surface area contributed by atoms with Crippen LogP contribution in [0.4, 0.5) is 0 Å². The number of carbonyl (C=O) groups excluding carboxylic acids is 1. The molecule has 0 fully saturated rings. The van der Waals surface area contributed by atoms with E-state index >= 15 is 0 Å². The molecule has 1 aromatic heterocycles. The Labute approximate surface area is 133 Å². The number of carboxylic acid groups (broad SMARTS) is 1. The number of benzene rings is 1. The smallest absolute Gasteiger partial charge is 0.335 e. The van der Waals surface area contributed by atoms with E-state index in [1.807, 2.05) is 30.3 Å². The Balaban J connectivity index is 2.61. The number of pyridine rings is 1. The van der Waals surface area contributed by atoms with E-state index in [9.17, 15) is 19.8 Å². The lowest BCUT2D eigenvalue weighted by Gasteiger charge is -2.21. The van der Waals surface area contributed by atoms with Gasteiger partial charge in [-0.25, -0.2) is 9.78 Å². The molecule has 1 amide bonds. The van der Waals surface area contributed by atoms with Gasteiger partial charge in [0.25, 0.3) is 5.91 Å². The summed E-state index contributed by atoms with van der Waals surface area (Å²) in [4.78, 5) is 27.4. The van der Waals surface area contributed by atoms with E-state index in [-0.39, 0.29) is 11.3 Å². The van der Waals surface area contributed by atoms with Crippen molar-refractivity contribution >= 4 is 11.9 Å². The van der Waals surface area contributed by atoms with Gasteiger partial charge in [-0.2, -0.15) is 0 Å². The number of hydrogen-bond donors (Lipinski definition) is 3. The van der Waals surface area contributed by atoms with Gasteiger partial charge < -0.3 is 15.5 Å². The molecule has 6 nitrogen and oxygen atoms in total. The van der Waals surface area contributed by atoms with Gasteiger partial charge >= 0.3 is 5.97 Å². The third-order valence-electron chi connectivity index (χ3n) is 3.51. The zero-order valence-electron chi connectivity index (χ0n) is 12.9. The van der Waals surface area contributed by atoms with Gasteiger partial charge in [0.2, 0.25) is 0 Å². The van der Waals surface area contributed by atoms with Gasteiger partial charge in [0, 0.05) is 7.05 Å².